The fourth-order valence-electron chi connectivity index (χ4n) is 2.43. The van der Waals surface area contributed by atoms with Gasteiger partial charge in [-0.2, -0.15) is 40.7 Å². The second-order valence-electron chi connectivity index (χ2n) is 6.60. The second-order valence-corrected chi connectivity index (χ2v) is 6.60. The summed E-state index contributed by atoms with van der Waals surface area (Å²) in [5, 5.41) is 2.51. The molecule has 1 aromatic heterocycles. The Morgan fingerprint density at radius 3 is 2.06 bits per heavy atom. The van der Waals surface area contributed by atoms with Crippen LogP contribution in [0.25, 0.3) is 0 Å². The first kappa shape index (κ1) is 28.6. The third-order valence-corrected chi connectivity index (χ3v) is 3.85. The van der Waals surface area contributed by atoms with Crippen LogP contribution in [0.15, 0.2) is 36.7 Å². The maximum atomic E-state index is 13.1. The van der Waals surface area contributed by atoms with Crippen molar-refractivity contribution in [1.82, 2.24) is 15.0 Å². The molecule has 0 aliphatic rings. The Bertz CT molecular complexity index is 1010. The SMILES string of the molecule is C=C(Nc1nc(OCC(F)F)nc(OCC(F)(F)F)n1)N(CC)c1ccc(OC(F)(F)C(F)F)cc1. The number of halogens is 9. The van der Waals surface area contributed by atoms with Crippen LogP contribution in [0.5, 0.6) is 17.8 Å². The van der Waals surface area contributed by atoms with Gasteiger partial charge in [-0.15, -0.1) is 4.98 Å². The lowest BCUT2D eigenvalue weighted by atomic mass is 10.2. The zero-order valence-electron chi connectivity index (χ0n) is 18.2. The van der Waals surface area contributed by atoms with Crippen LogP contribution in [0.3, 0.4) is 0 Å². The lowest BCUT2D eigenvalue weighted by Gasteiger charge is -2.26. The number of hydrogen-bond acceptors (Lipinski definition) is 8. The van der Waals surface area contributed by atoms with Crippen molar-refractivity contribution in [3.05, 3.63) is 36.7 Å². The number of nitrogens with zero attached hydrogens (tertiary/aromatic N) is 4. The van der Waals surface area contributed by atoms with Crippen molar-refractivity contribution in [2.45, 2.75) is 32.1 Å². The number of alkyl halides is 9. The summed E-state index contributed by atoms with van der Waals surface area (Å²) in [6.07, 6.45) is -16.4. The number of hydrogen-bond donors (Lipinski definition) is 1. The second kappa shape index (κ2) is 11.9. The molecule has 0 saturated carbocycles. The minimum absolute atomic E-state index is 0.0168. The van der Waals surface area contributed by atoms with Gasteiger partial charge in [0, 0.05) is 12.2 Å². The molecule has 0 unspecified atom stereocenters. The van der Waals surface area contributed by atoms with E-state index in [1.165, 1.54) is 17.0 Å². The molecule has 36 heavy (non-hydrogen) atoms. The number of aromatic nitrogens is 3. The molecule has 1 aromatic carbocycles. The topological polar surface area (TPSA) is 81.6 Å². The van der Waals surface area contributed by atoms with E-state index in [0.717, 1.165) is 12.1 Å². The van der Waals surface area contributed by atoms with Crippen molar-refractivity contribution in [2.24, 2.45) is 0 Å². The molecule has 0 amide bonds. The van der Waals surface area contributed by atoms with E-state index in [2.05, 4.69) is 41.1 Å². The van der Waals surface area contributed by atoms with Crippen LogP contribution in [0.1, 0.15) is 6.92 Å². The molecule has 2 rings (SSSR count). The molecule has 1 N–H and O–H groups in total. The van der Waals surface area contributed by atoms with Crippen LogP contribution in [-0.4, -0.2) is 59.8 Å². The van der Waals surface area contributed by atoms with Crippen molar-refractivity contribution in [2.75, 3.05) is 30.0 Å². The Morgan fingerprint density at radius 1 is 0.972 bits per heavy atom. The largest absolute Gasteiger partial charge is 0.461 e. The monoisotopic (exact) mass is 535 g/mol. The highest BCUT2D eigenvalue weighted by molar-refractivity contribution is 5.56. The summed E-state index contributed by atoms with van der Waals surface area (Å²) in [6, 6.07) is 2.80. The van der Waals surface area contributed by atoms with Gasteiger partial charge in [0.2, 0.25) is 5.95 Å². The Balaban J connectivity index is 2.20. The normalized spacial score (nSPS) is 12.0. The third kappa shape index (κ3) is 8.84. The quantitative estimate of drug-likeness (QED) is 0.355. The van der Waals surface area contributed by atoms with Crippen LogP contribution < -0.4 is 24.4 Å². The summed E-state index contributed by atoms with van der Waals surface area (Å²) >= 11 is 0. The number of rotatable bonds is 13. The molecule has 0 fully saturated rings. The predicted molar refractivity (Wildman–Crippen MR) is 107 cm³/mol. The van der Waals surface area contributed by atoms with Gasteiger partial charge in [0.1, 0.15) is 11.6 Å². The van der Waals surface area contributed by atoms with E-state index >= 15 is 0 Å². The van der Waals surface area contributed by atoms with E-state index in [0.29, 0.717) is 5.69 Å². The predicted octanol–water partition coefficient (Wildman–Crippen LogP) is 5.10. The van der Waals surface area contributed by atoms with Gasteiger partial charge >= 0.3 is 30.7 Å². The van der Waals surface area contributed by atoms with Crippen molar-refractivity contribution in [3.8, 4) is 17.8 Å². The molecule has 0 aliphatic heterocycles. The van der Waals surface area contributed by atoms with Crippen LogP contribution in [0, 0.1) is 0 Å². The first-order chi connectivity index (χ1) is 16.7. The summed E-state index contributed by atoms with van der Waals surface area (Å²) < 4.78 is 126. The average molecular weight is 535 g/mol. The molecule has 0 radical (unpaired) electrons. The van der Waals surface area contributed by atoms with E-state index in [1.54, 1.807) is 6.92 Å². The van der Waals surface area contributed by atoms with Crippen LogP contribution in [0.2, 0.25) is 0 Å². The first-order valence-electron chi connectivity index (χ1n) is 9.75. The molecule has 200 valence electrons. The van der Waals surface area contributed by atoms with Crippen molar-refractivity contribution in [3.63, 3.8) is 0 Å². The fraction of sp³-hybridized carbons (Fsp3) is 0.421. The molecule has 17 heteroatoms. The highest BCUT2D eigenvalue weighted by atomic mass is 19.4. The molecule has 0 saturated heterocycles. The number of benzene rings is 1. The van der Waals surface area contributed by atoms with Crippen molar-refractivity contribution in [1.29, 1.82) is 0 Å². The first-order valence-corrected chi connectivity index (χ1v) is 9.75. The minimum Gasteiger partial charge on any atom is -0.457 e. The van der Waals surface area contributed by atoms with Gasteiger partial charge in [0.25, 0.3) is 6.43 Å². The van der Waals surface area contributed by atoms with Gasteiger partial charge < -0.3 is 24.4 Å². The molecule has 1 heterocycles. The maximum absolute atomic E-state index is 13.1. The van der Waals surface area contributed by atoms with Crippen molar-refractivity contribution >= 4 is 11.6 Å². The molecule has 8 nitrogen and oxygen atoms in total. The lowest BCUT2D eigenvalue weighted by Crippen LogP contribution is -2.33. The smallest absolute Gasteiger partial charge is 0.457 e. The van der Waals surface area contributed by atoms with E-state index in [1.807, 2.05) is 0 Å². The zero-order valence-corrected chi connectivity index (χ0v) is 18.2. The van der Waals surface area contributed by atoms with Gasteiger partial charge in [0.15, 0.2) is 13.2 Å². The zero-order chi connectivity index (χ0) is 27.1. The van der Waals surface area contributed by atoms with Crippen LogP contribution in [-0.2, 0) is 0 Å². The van der Waals surface area contributed by atoms with Gasteiger partial charge in [0.05, 0.1) is 0 Å². The summed E-state index contributed by atoms with van der Waals surface area (Å²) in [6.45, 7) is 2.56. The summed E-state index contributed by atoms with van der Waals surface area (Å²) in [5.74, 6) is -1.05. The van der Waals surface area contributed by atoms with Crippen molar-refractivity contribution < 1.29 is 53.7 Å². The van der Waals surface area contributed by atoms with Gasteiger partial charge in [-0.25, -0.2) is 8.78 Å². The minimum atomic E-state index is -4.75. The Hall–Kier alpha value is -3.66. The van der Waals surface area contributed by atoms with E-state index in [4.69, 9.17) is 0 Å². The molecular weight excluding hydrogens is 517 g/mol. The summed E-state index contributed by atoms with van der Waals surface area (Å²) in [5.41, 5.74) is 0.291. The van der Waals surface area contributed by atoms with Crippen LogP contribution >= 0.6 is 0 Å². The summed E-state index contributed by atoms with van der Waals surface area (Å²) in [4.78, 5) is 12.0. The molecule has 0 aliphatic carbocycles. The van der Waals surface area contributed by atoms with E-state index < -0.39 is 62.1 Å². The third-order valence-electron chi connectivity index (χ3n) is 3.85. The number of nitrogens with one attached hydrogen (secondary N) is 1. The maximum Gasteiger partial charge on any atom is 0.461 e. The van der Waals surface area contributed by atoms with Gasteiger partial charge in [-0.05, 0) is 31.2 Å². The van der Waals surface area contributed by atoms with Gasteiger partial charge in [-0.3, -0.25) is 0 Å². The Labute approximate surface area is 197 Å². The van der Waals surface area contributed by atoms with Crippen LogP contribution in [0.4, 0.5) is 51.1 Å². The van der Waals surface area contributed by atoms with Gasteiger partial charge in [-0.1, -0.05) is 6.58 Å². The summed E-state index contributed by atoms with van der Waals surface area (Å²) in [7, 11) is 0. The fourth-order valence-corrected chi connectivity index (χ4v) is 2.43. The number of anilines is 2. The molecule has 0 spiro atoms. The highest BCUT2D eigenvalue weighted by Crippen LogP contribution is 2.29. The number of ether oxygens (including phenoxy) is 3. The standard InChI is InChI=1S/C19H18F9N5O3/c1-3-33(11-4-6-12(7-5-11)36-19(27,28)14(22)23)10(2)29-15-30-16(34-8-13(20)21)32-17(31-15)35-9-18(24,25)26/h4-7,13-14H,2-3,8-9H2,1H3,(H,29,30,31,32). The lowest BCUT2D eigenvalue weighted by molar-refractivity contribution is -0.253. The molecule has 0 atom stereocenters. The molecular formula is C19H18F9N5O3. The highest BCUT2D eigenvalue weighted by Gasteiger charge is 2.44. The Morgan fingerprint density at radius 2 is 1.56 bits per heavy atom. The Kier molecular flexibility index (Phi) is 9.41. The van der Waals surface area contributed by atoms with E-state index in [9.17, 15) is 39.5 Å². The molecule has 2 aromatic rings. The molecule has 0 bridgehead atoms. The average Bonchev–Trinajstić information content (AvgIpc) is 2.77. The van der Waals surface area contributed by atoms with E-state index in [-0.39, 0.29) is 12.4 Å².